The molecular formula is C13H18N4O13P3-3. The molecule has 1 aliphatic heterocycles. The first kappa shape index (κ1) is 26.4. The van der Waals surface area contributed by atoms with Gasteiger partial charge in [0.1, 0.15) is 30.2 Å². The number of fused-ring (bicyclic) bond motifs is 1. The lowest BCUT2D eigenvalue weighted by atomic mass is 10.1. The molecule has 0 saturated carbocycles. The van der Waals surface area contributed by atoms with Gasteiger partial charge in [-0.05, 0) is 6.92 Å². The largest absolute Gasteiger partial charge is 0.756 e. The van der Waals surface area contributed by atoms with E-state index in [1.54, 1.807) is 6.92 Å². The van der Waals surface area contributed by atoms with Gasteiger partial charge in [0.25, 0.3) is 23.5 Å². The van der Waals surface area contributed by atoms with Gasteiger partial charge in [-0.3, -0.25) is 18.3 Å². The van der Waals surface area contributed by atoms with Crippen LogP contribution >= 0.6 is 23.5 Å². The number of imidazole rings is 1. The second kappa shape index (κ2) is 9.84. The highest BCUT2D eigenvalue weighted by Gasteiger charge is 2.47. The van der Waals surface area contributed by atoms with Gasteiger partial charge in [-0.25, -0.2) is 23.6 Å². The zero-order valence-corrected chi connectivity index (χ0v) is 19.8. The summed E-state index contributed by atoms with van der Waals surface area (Å²) in [5.74, 6) is 0. The van der Waals surface area contributed by atoms with E-state index < -0.39 is 54.6 Å². The van der Waals surface area contributed by atoms with E-state index in [9.17, 15) is 28.4 Å². The quantitative estimate of drug-likeness (QED) is 0.343. The summed E-state index contributed by atoms with van der Waals surface area (Å²) in [6.07, 6.45) is -1.02. The molecule has 2 aromatic rings. The molecule has 0 aliphatic carbocycles. The maximum absolute atomic E-state index is 11.9. The average molecular weight is 531 g/mol. The minimum atomic E-state index is -6.02. The van der Waals surface area contributed by atoms with Gasteiger partial charge in [0.05, 0.1) is 18.6 Å². The highest BCUT2D eigenvalue weighted by Crippen LogP contribution is 2.61. The second-order valence-corrected chi connectivity index (χ2v) is 10.9. The highest BCUT2D eigenvalue weighted by molar-refractivity contribution is 7.65. The van der Waals surface area contributed by atoms with Crippen molar-refractivity contribution in [3.63, 3.8) is 0 Å². The van der Waals surface area contributed by atoms with Gasteiger partial charge in [0, 0.05) is 14.2 Å². The molecule has 1 fully saturated rings. The third kappa shape index (κ3) is 6.29. The van der Waals surface area contributed by atoms with Crippen molar-refractivity contribution in [3.8, 4) is 0 Å². The molecule has 1 aliphatic rings. The number of hydrogen-bond acceptors (Lipinski definition) is 15. The molecule has 0 radical (unpaired) electrons. The van der Waals surface area contributed by atoms with Crippen LogP contribution in [0.15, 0.2) is 12.7 Å². The van der Waals surface area contributed by atoms with E-state index in [0.717, 1.165) is 0 Å². The molecule has 4 unspecified atom stereocenters. The van der Waals surface area contributed by atoms with E-state index in [4.69, 9.17) is 19.1 Å². The van der Waals surface area contributed by atoms with Gasteiger partial charge < -0.3 is 38.3 Å². The van der Waals surface area contributed by atoms with Crippen molar-refractivity contribution in [1.82, 2.24) is 19.5 Å². The lowest BCUT2D eigenvalue weighted by Crippen LogP contribution is -2.37. The lowest BCUT2D eigenvalue weighted by molar-refractivity contribution is -0.250. The monoisotopic (exact) mass is 531 g/mol. The molecule has 20 heteroatoms. The second-order valence-electron chi connectivity index (χ2n) is 6.57. The maximum atomic E-state index is 11.9. The summed E-state index contributed by atoms with van der Waals surface area (Å²) in [7, 11) is -14.9. The van der Waals surface area contributed by atoms with E-state index in [1.165, 1.54) is 31.4 Å². The molecule has 3 rings (SSSR count). The molecule has 2 aromatic heterocycles. The summed E-state index contributed by atoms with van der Waals surface area (Å²) in [6.45, 7) is 0.913. The molecular weight excluding hydrogens is 513 g/mol. The number of aryl methyl sites for hydroxylation is 1. The van der Waals surface area contributed by atoms with Crippen molar-refractivity contribution in [2.24, 2.45) is 0 Å². The van der Waals surface area contributed by atoms with Crippen molar-refractivity contribution in [2.75, 3.05) is 20.8 Å². The first-order valence-corrected chi connectivity index (χ1v) is 13.3. The minimum absolute atomic E-state index is 0.402. The summed E-state index contributed by atoms with van der Waals surface area (Å²) in [5.41, 5.74) is 1.50. The van der Waals surface area contributed by atoms with Crippen LogP contribution < -0.4 is 14.7 Å². The standard InChI is InChI=1S/C13H21N4O13P3/c1-7-9-12(15-5-14-7)17(6-16-9)13-11(26-3)10(25-2)8(28-13)4-27-32(21,22)30-33(23,24)29-31(18,19)20/h5-6,8,10-11,13H,4H2,1-3H3,(H,21,22)(H,23,24)(H2,18,19,20)/p-3/t8-,10?,11+,13-/m1/s1. The fourth-order valence-electron chi connectivity index (χ4n) is 3.21. The summed E-state index contributed by atoms with van der Waals surface area (Å²) in [4.78, 5) is 54.6. The molecule has 0 amide bonds. The van der Waals surface area contributed by atoms with Crippen LogP contribution in [-0.2, 0) is 41.1 Å². The Labute approximate surface area is 186 Å². The van der Waals surface area contributed by atoms with Crippen LogP contribution in [0.2, 0.25) is 0 Å². The first-order valence-electron chi connectivity index (χ1n) is 8.85. The van der Waals surface area contributed by atoms with Crippen LogP contribution in [0, 0.1) is 6.92 Å². The first-order chi connectivity index (χ1) is 15.3. The predicted molar refractivity (Wildman–Crippen MR) is 98.7 cm³/mol. The molecule has 7 atom stereocenters. The fraction of sp³-hybridized carbons (Fsp3) is 0.615. The zero-order chi connectivity index (χ0) is 24.6. The number of phosphoric acid groups is 3. The highest BCUT2D eigenvalue weighted by atomic mass is 31.3. The fourth-order valence-corrected chi connectivity index (χ4v) is 6.11. The van der Waals surface area contributed by atoms with Gasteiger partial charge in [0.15, 0.2) is 11.9 Å². The number of nitrogens with zero attached hydrogens (tertiary/aromatic N) is 4. The molecule has 33 heavy (non-hydrogen) atoms. The van der Waals surface area contributed by atoms with Crippen molar-refractivity contribution in [1.29, 1.82) is 0 Å². The van der Waals surface area contributed by atoms with Gasteiger partial charge >= 0.3 is 0 Å². The van der Waals surface area contributed by atoms with E-state index in [2.05, 4.69) is 28.1 Å². The topological polar surface area (TPSA) is 240 Å². The van der Waals surface area contributed by atoms with Crippen LogP contribution in [0.25, 0.3) is 11.2 Å². The van der Waals surface area contributed by atoms with E-state index in [1.807, 2.05) is 0 Å². The van der Waals surface area contributed by atoms with Crippen molar-refractivity contribution >= 4 is 34.6 Å². The number of hydrogen-bond donors (Lipinski definition) is 1. The van der Waals surface area contributed by atoms with Crippen LogP contribution in [0.4, 0.5) is 0 Å². The Bertz CT molecular complexity index is 1140. The number of rotatable bonds is 10. The van der Waals surface area contributed by atoms with E-state index in [-0.39, 0.29) is 0 Å². The molecule has 1 saturated heterocycles. The number of aromatic nitrogens is 4. The average Bonchev–Trinajstić information content (AvgIpc) is 3.24. The zero-order valence-electron chi connectivity index (χ0n) is 17.1. The lowest BCUT2D eigenvalue weighted by Gasteiger charge is -2.33. The van der Waals surface area contributed by atoms with Gasteiger partial charge in [0.2, 0.25) is 0 Å². The minimum Gasteiger partial charge on any atom is -0.756 e. The summed E-state index contributed by atoms with van der Waals surface area (Å²) in [6, 6.07) is 0. The summed E-state index contributed by atoms with van der Waals surface area (Å²) >= 11 is 0. The Morgan fingerprint density at radius 3 is 2.33 bits per heavy atom. The maximum Gasteiger partial charge on any atom is 0.280 e. The third-order valence-corrected chi connectivity index (χ3v) is 8.14. The van der Waals surface area contributed by atoms with Crippen molar-refractivity contribution in [2.45, 2.75) is 31.5 Å². The van der Waals surface area contributed by atoms with Gasteiger partial charge in [-0.15, -0.1) is 0 Å². The Hall–Kier alpha value is -1.16. The predicted octanol–water partition coefficient (Wildman–Crippen LogP) is -1.49. The van der Waals surface area contributed by atoms with E-state index in [0.29, 0.717) is 16.9 Å². The Morgan fingerprint density at radius 2 is 1.73 bits per heavy atom. The van der Waals surface area contributed by atoms with Crippen LogP contribution in [-0.4, -0.2) is 63.6 Å². The molecule has 0 aromatic carbocycles. The summed E-state index contributed by atoms with van der Waals surface area (Å²) in [5, 5.41) is 0. The number of phosphoric ester groups is 1. The molecule has 0 bridgehead atoms. The SMILES string of the molecule is COC1[C@@H](COP(=O)([O-])OP(=O)([O-])OP(=O)([O-])O)O[C@@H](n2cnc3c(C)ncnc32)[C@H]1OC. The van der Waals surface area contributed by atoms with Gasteiger partial charge in [-0.1, -0.05) is 0 Å². The molecule has 17 nitrogen and oxygen atoms in total. The smallest absolute Gasteiger partial charge is 0.280 e. The Kier molecular flexibility index (Phi) is 7.88. The molecule has 3 heterocycles. The number of ether oxygens (including phenoxy) is 3. The Balaban J connectivity index is 1.77. The van der Waals surface area contributed by atoms with Crippen LogP contribution in [0.5, 0.6) is 0 Å². The number of methoxy groups -OCH3 is 2. The molecule has 186 valence electrons. The van der Waals surface area contributed by atoms with Crippen LogP contribution in [0.3, 0.4) is 0 Å². The van der Waals surface area contributed by atoms with Crippen molar-refractivity contribution in [3.05, 3.63) is 18.3 Å². The van der Waals surface area contributed by atoms with E-state index >= 15 is 0 Å². The normalized spacial score (nSPS) is 28.9. The van der Waals surface area contributed by atoms with Crippen molar-refractivity contribution < 1.29 is 60.6 Å². The third-order valence-electron chi connectivity index (χ3n) is 4.45. The Morgan fingerprint density at radius 1 is 1.06 bits per heavy atom. The molecule has 0 spiro atoms. The molecule has 1 N–H and O–H groups in total. The summed E-state index contributed by atoms with van der Waals surface area (Å²) < 4.78 is 63.2. The van der Waals surface area contributed by atoms with Crippen LogP contribution in [0.1, 0.15) is 11.9 Å². The van der Waals surface area contributed by atoms with Gasteiger partial charge in [-0.2, -0.15) is 0 Å².